The molecular formula is C12H13NO2. The van der Waals surface area contributed by atoms with Crippen LogP contribution in [0.1, 0.15) is 5.56 Å². The Morgan fingerprint density at radius 1 is 1.33 bits per heavy atom. The van der Waals surface area contributed by atoms with Gasteiger partial charge in [-0.2, -0.15) is 0 Å². The molecule has 0 saturated carbocycles. The van der Waals surface area contributed by atoms with Gasteiger partial charge in [0.1, 0.15) is 6.61 Å². The van der Waals surface area contributed by atoms with Crippen molar-refractivity contribution >= 4 is 12.0 Å². The quantitative estimate of drug-likeness (QED) is 0.598. The molecule has 0 amide bonds. The van der Waals surface area contributed by atoms with Crippen molar-refractivity contribution in [2.75, 3.05) is 6.61 Å². The van der Waals surface area contributed by atoms with Crippen LogP contribution in [-0.2, 0) is 9.53 Å². The zero-order valence-electron chi connectivity index (χ0n) is 8.30. The lowest BCUT2D eigenvalue weighted by Crippen LogP contribution is -2.00. The molecule has 0 fully saturated rings. The van der Waals surface area contributed by atoms with Gasteiger partial charge in [-0.15, -0.1) is 0 Å². The second kappa shape index (κ2) is 6.43. The second-order valence-corrected chi connectivity index (χ2v) is 2.80. The molecule has 1 aromatic carbocycles. The summed E-state index contributed by atoms with van der Waals surface area (Å²) in [6.07, 6.45) is 6.00. The summed E-state index contributed by atoms with van der Waals surface area (Å²) >= 11 is 0. The van der Waals surface area contributed by atoms with Gasteiger partial charge in [0.05, 0.1) is 0 Å². The molecule has 15 heavy (non-hydrogen) atoms. The van der Waals surface area contributed by atoms with Gasteiger partial charge in [-0.05, 0) is 23.9 Å². The minimum atomic E-state index is -0.378. The van der Waals surface area contributed by atoms with Gasteiger partial charge in [0.2, 0.25) is 0 Å². The Hall–Kier alpha value is -2.03. The van der Waals surface area contributed by atoms with Crippen molar-refractivity contribution in [2.45, 2.75) is 0 Å². The van der Waals surface area contributed by atoms with E-state index in [0.717, 1.165) is 5.56 Å². The molecule has 0 aliphatic heterocycles. The highest BCUT2D eigenvalue weighted by atomic mass is 16.5. The molecule has 0 heterocycles. The predicted octanol–water partition coefficient (Wildman–Crippen LogP) is 1.72. The third-order valence-electron chi connectivity index (χ3n) is 1.67. The minimum Gasteiger partial charge on any atom is -0.458 e. The topological polar surface area (TPSA) is 52.3 Å². The third-order valence-corrected chi connectivity index (χ3v) is 1.67. The molecule has 0 unspecified atom stereocenters. The average molecular weight is 203 g/mol. The molecule has 0 aliphatic carbocycles. The second-order valence-electron chi connectivity index (χ2n) is 2.80. The molecule has 0 aliphatic rings. The van der Waals surface area contributed by atoms with Crippen LogP contribution in [0.3, 0.4) is 0 Å². The Kier molecular flexibility index (Phi) is 4.73. The van der Waals surface area contributed by atoms with E-state index in [-0.39, 0.29) is 12.6 Å². The van der Waals surface area contributed by atoms with Crippen LogP contribution < -0.4 is 5.73 Å². The minimum absolute atomic E-state index is 0.203. The molecule has 0 radical (unpaired) electrons. The van der Waals surface area contributed by atoms with Gasteiger partial charge < -0.3 is 10.5 Å². The fraction of sp³-hybridized carbons (Fsp3) is 0.0833. The van der Waals surface area contributed by atoms with Crippen LogP contribution in [0.4, 0.5) is 0 Å². The van der Waals surface area contributed by atoms with Crippen molar-refractivity contribution in [1.82, 2.24) is 0 Å². The van der Waals surface area contributed by atoms with Crippen molar-refractivity contribution in [3.8, 4) is 0 Å². The Balaban J connectivity index is 2.41. The van der Waals surface area contributed by atoms with E-state index in [1.807, 2.05) is 30.3 Å². The standard InChI is InChI=1S/C12H13NO2/c13-9-4-10-15-12(14)8-7-11-5-2-1-3-6-11/h1-9H,10,13H2. The Labute approximate surface area is 88.9 Å². The average Bonchev–Trinajstić information content (AvgIpc) is 2.28. The van der Waals surface area contributed by atoms with Crippen LogP contribution >= 0.6 is 0 Å². The van der Waals surface area contributed by atoms with Crippen LogP contribution in [0.5, 0.6) is 0 Å². The van der Waals surface area contributed by atoms with Gasteiger partial charge in [0.25, 0.3) is 0 Å². The van der Waals surface area contributed by atoms with Gasteiger partial charge in [0, 0.05) is 6.08 Å². The third kappa shape index (κ3) is 4.67. The molecule has 1 aromatic rings. The summed E-state index contributed by atoms with van der Waals surface area (Å²) in [5.74, 6) is -0.378. The maximum Gasteiger partial charge on any atom is 0.331 e. The van der Waals surface area contributed by atoms with E-state index < -0.39 is 0 Å². The number of benzene rings is 1. The van der Waals surface area contributed by atoms with E-state index >= 15 is 0 Å². The van der Waals surface area contributed by atoms with E-state index in [1.54, 1.807) is 12.2 Å². The Bertz CT molecular complexity index is 355. The number of carbonyl (C=O) groups excluding carboxylic acids is 1. The van der Waals surface area contributed by atoms with E-state index in [0.29, 0.717) is 0 Å². The summed E-state index contributed by atoms with van der Waals surface area (Å²) in [6.45, 7) is 0.203. The number of nitrogens with two attached hydrogens (primary N) is 1. The van der Waals surface area contributed by atoms with Crippen LogP contribution in [0.2, 0.25) is 0 Å². The fourth-order valence-corrected chi connectivity index (χ4v) is 0.962. The first-order valence-corrected chi connectivity index (χ1v) is 4.59. The van der Waals surface area contributed by atoms with E-state index in [4.69, 9.17) is 10.5 Å². The monoisotopic (exact) mass is 203 g/mol. The van der Waals surface area contributed by atoms with Gasteiger partial charge in [0.15, 0.2) is 0 Å². The highest BCUT2D eigenvalue weighted by Crippen LogP contribution is 2.00. The maximum atomic E-state index is 11.1. The van der Waals surface area contributed by atoms with E-state index in [2.05, 4.69) is 0 Å². The molecular weight excluding hydrogens is 190 g/mol. The number of hydrogen-bond acceptors (Lipinski definition) is 3. The lowest BCUT2D eigenvalue weighted by molar-refractivity contribution is -0.136. The first-order valence-electron chi connectivity index (χ1n) is 4.59. The summed E-state index contributed by atoms with van der Waals surface area (Å²) in [5.41, 5.74) is 6.05. The van der Waals surface area contributed by atoms with Gasteiger partial charge in [-0.3, -0.25) is 0 Å². The number of ether oxygens (including phenoxy) is 1. The highest BCUT2D eigenvalue weighted by Gasteiger charge is 1.93. The smallest absolute Gasteiger partial charge is 0.331 e. The fourth-order valence-electron chi connectivity index (χ4n) is 0.962. The number of hydrogen-bond donors (Lipinski definition) is 1. The summed E-state index contributed by atoms with van der Waals surface area (Å²) in [4.78, 5) is 11.1. The highest BCUT2D eigenvalue weighted by molar-refractivity contribution is 5.87. The molecule has 0 saturated heterocycles. The SMILES string of the molecule is NC=CCOC(=O)C=Cc1ccccc1. The van der Waals surface area contributed by atoms with Gasteiger partial charge in [-0.25, -0.2) is 4.79 Å². The maximum absolute atomic E-state index is 11.1. The molecule has 3 nitrogen and oxygen atoms in total. The summed E-state index contributed by atoms with van der Waals surface area (Å²) in [5, 5.41) is 0. The first-order chi connectivity index (χ1) is 7.33. The van der Waals surface area contributed by atoms with Crippen LogP contribution in [0, 0.1) is 0 Å². The number of rotatable bonds is 4. The Morgan fingerprint density at radius 2 is 2.07 bits per heavy atom. The number of esters is 1. The predicted molar refractivity (Wildman–Crippen MR) is 59.8 cm³/mol. The van der Waals surface area contributed by atoms with Crippen molar-refractivity contribution in [1.29, 1.82) is 0 Å². The zero-order valence-corrected chi connectivity index (χ0v) is 8.30. The van der Waals surface area contributed by atoms with Gasteiger partial charge in [-0.1, -0.05) is 30.3 Å². The van der Waals surface area contributed by atoms with Crippen molar-refractivity contribution < 1.29 is 9.53 Å². The summed E-state index contributed by atoms with van der Waals surface area (Å²) in [7, 11) is 0. The van der Waals surface area contributed by atoms with Crippen molar-refractivity contribution in [3.63, 3.8) is 0 Å². The van der Waals surface area contributed by atoms with Gasteiger partial charge >= 0.3 is 5.97 Å². The molecule has 0 bridgehead atoms. The van der Waals surface area contributed by atoms with E-state index in [1.165, 1.54) is 12.3 Å². The molecule has 0 aromatic heterocycles. The number of carbonyl (C=O) groups is 1. The summed E-state index contributed by atoms with van der Waals surface area (Å²) in [6, 6.07) is 9.54. The lowest BCUT2D eigenvalue weighted by Gasteiger charge is -1.95. The van der Waals surface area contributed by atoms with Crippen LogP contribution in [0.15, 0.2) is 48.7 Å². The van der Waals surface area contributed by atoms with Crippen LogP contribution in [0.25, 0.3) is 6.08 Å². The molecule has 3 heteroatoms. The van der Waals surface area contributed by atoms with E-state index in [9.17, 15) is 4.79 Å². The molecule has 78 valence electrons. The van der Waals surface area contributed by atoms with Crippen LogP contribution in [-0.4, -0.2) is 12.6 Å². The Morgan fingerprint density at radius 3 is 2.73 bits per heavy atom. The normalized spacial score (nSPS) is 10.9. The summed E-state index contributed by atoms with van der Waals surface area (Å²) < 4.78 is 4.81. The van der Waals surface area contributed by atoms with Crippen molar-refractivity contribution in [2.24, 2.45) is 5.73 Å². The zero-order chi connectivity index (χ0) is 10.9. The molecule has 1 rings (SSSR count). The molecule has 2 N–H and O–H groups in total. The first kappa shape index (κ1) is 11.0. The molecule has 0 spiro atoms. The van der Waals surface area contributed by atoms with Crippen molar-refractivity contribution in [3.05, 3.63) is 54.2 Å². The largest absolute Gasteiger partial charge is 0.458 e. The molecule has 0 atom stereocenters. The lowest BCUT2D eigenvalue weighted by atomic mass is 10.2.